The second-order valence-electron chi connectivity index (χ2n) is 7.54. The monoisotopic (exact) mass is 457 g/mol. The normalized spacial score (nSPS) is 13.2. The summed E-state index contributed by atoms with van der Waals surface area (Å²) in [5.74, 6) is 0. The van der Waals surface area contributed by atoms with Crippen molar-refractivity contribution in [3.63, 3.8) is 0 Å². The SMILES string of the molecule is N#CCNCCN(CC#N)CCN1CCN(CCN(CCNCC#N)CCNCC#N)C1=O. The Morgan fingerprint density at radius 2 is 1.09 bits per heavy atom. The number of nitriles is 4. The van der Waals surface area contributed by atoms with Crippen molar-refractivity contribution in [1.82, 2.24) is 35.6 Å². The Hall–Kier alpha value is -2.97. The molecule has 0 aromatic heterocycles. The number of carbonyl (C=O) groups excluding carboxylic acids is 1. The van der Waals surface area contributed by atoms with E-state index in [2.05, 4.69) is 39.1 Å². The molecule has 180 valence electrons. The summed E-state index contributed by atoms with van der Waals surface area (Å²) in [7, 11) is 0. The van der Waals surface area contributed by atoms with Gasteiger partial charge in [-0.2, -0.15) is 21.0 Å². The van der Waals surface area contributed by atoms with E-state index in [4.69, 9.17) is 21.0 Å². The first-order valence-corrected chi connectivity index (χ1v) is 11.2. The Bertz CT molecular complexity index is 696. The van der Waals surface area contributed by atoms with Crippen molar-refractivity contribution >= 4 is 6.03 Å². The van der Waals surface area contributed by atoms with Gasteiger partial charge in [0, 0.05) is 78.5 Å². The first-order chi connectivity index (χ1) is 16.2. The van der Waals surface area contributed by atoms with Crippen molar-refractivity contribution in [2.45, 2.75) is 0 Å². The van der Waals surface area contributed by atoms with E-state index in [9.17, 15) is 4.79 Å². The first kappa shape index (κ1) is 28.1. The highest BCUT2D eigenvalue weighted by atomic mass is 16.2. The minimum atomic E-state index is 0.0136. The standard InChI is InChI=1S/C21H35N11O/c22-1-5-26-8-12-29(11-4-25)15-17-31-19-20-32(21(31)33)18-16-30(13-9-27-6-2-23)14-10-28-7-3-24/h26-28H,5-20H2. The summed E-state index contributed by atoms with van der Waals surface area (Å²) in [4.78, 5) is 20.7. The van der Waals surface area contributed by atoms with Crippen LogP contribution in [0.2, 0.25) is 0 Å². The molecular formula is C21H35N11O. The zero-order valence-corrected chi connectivity index (χ0v) is 19.3. The van der Waals surface area contributed by atoms with Crippen LogP contribution in [0, 0.1) is 45.3 Å². The van der Waals surface area contributed by atoms with Gasteiger partial charge in [-0.3, -0.25) is 9.80 Å². The van der Waals surface area contributed by atoms with Crippen LogP contribution in [0.25, 0.3) is 0 Å². The van der Waals surface area contributed by atoms with E-state index in [-0.39, 0.29) is 19.1 Å². The molecule has 33 heavy (non-hydrogen) atoms. The molecule has 0 unspecified atom stereocenters. The molecule has 0 saturated carbocycles. The predicted octanol–water partition coefficient (Wildman–Crippen LogP) is -1.81. The molecule has 1 fully saturated rings. The van der Waals surface area contributed by atoms with E-state index in [0.29, 0.717) is 78.5 Å². The van der Waals surface area contributed by atoms with Gasteiger partial charge in [-0.1, -0.05) is 0 Å². The second-order valence-corrected chi connectivity index (χ2v) is 7.54. The summed E-state index contributed by atoms with van der Waals surface area (Å²) >= 11 is 0. The summed E-state index contributed by atoms with van der Waals surface area (Å²) < 4.78 is 0. The summed E-state index contributed by atoms with van der Waals surface area (Å²) in [5, 5.41) is 44.0. The lowest BCUT2D eigenvalue weighted by atomic mass is 10.4. The van der Waals surface area contributed by atoms with E-state index in [1.165, 1.54) is 0 Å². The molecule has 2 amide bonds. The Morgan fingerprint density at radius 3 is 1.52 bits per heavy atom. The van der Waals surface area contributed by atoms with Crippen LogP contribution >= 0.6 is 0 Å². The molecule has 12 nitrogen and oxygen atoms in total. The molecule has 0 aromatic rings. The van der Waals surface area contributed by atoms with Gasteiger partial charge in [0.25, 0.3) is 0 Å². The van der Waals surface area contributed by atoms with Crippen LogP contribution in [-0.2, 0) is 0 Å². The van der Waals surface area contributed by atoms with Crippen LogP contribution in [-0.4, -0.2) is 130 Å². The maximum Gasteiger partial charge on any atom is 0.320 e. The van der Waals surface area contributed by atoms with Crippen molar-refractivity contribution in [3.8, 4) is 24.3 Å². The molecule has 0 atom stereocenters. The molecule has 1 aliphatic heterocycles. The van der Waals surface area contributed by atoms with E-state index < -0.39 is 0 Å². The highest BCUT2D eigenvalue weighted by Gasteiger charge is 2.28. The molecular weight excluding hydrogens is 422 g/mol. The first-order valence-electron chi connectivity index (χ1n) is 11.2. The zero-order chi connectivity index (χ0) is 24.2. The lowest BCUT2D eigenvalue weighted by Gasteiger charge is -2.26. The third-order valence-electron chi connectivity index (χ3n) is 5.27. The number of hydrogen-bond donors (Lipinski definition) is 3. The van der Waals surface area contributed by atoms with E-state index in [0.717, 1.165) is 13.1 Å². The minimum absolute atomic E-state index is 0.0136. The van der Waals surface area contributed by atoms with Gasteiger partial charge in [-0.05, 0) is 0 Å². The minimum Gasteiger partial charge on any atom is -0.322 e. The summed E-state index contributed by atoms with van der Waals surface area (Å²) in [6.07, 6.45) is 0. The average molecular weight is 458 g/mol. The summed E-state index contributed by atoms with van der Waals surface area (Å²) in [6.45, 7) is 9.17. The van der Waals surface area contributed by atoms with Crippen LogP contribution < -0.4 is 16.0 Å². The Morgan fingerprint density at radius 1 is 0.667 bits per heavy atom. The maximum absolute atomic E-state index is 12.8. The van der Waals surface area contributed by atoms with E-state index >= 15 is 0 Å². The van der Waals surface area contributed by atoms with Gasteiger partial charge >= 0.3 is 6.03 Å². The van der Waals surface area contributed by atoms with Crippen LogP contribution in [0.5, 0.6) is 0 Å². The fourth-order valence-corrected chi connectivity index (χ4v) is 3.42. The van der Waals surface area contributed by atoms with Crippen molar-refractivity contribution in [3.05, 3.63) is 0 Å². The van der Waals surface area contributed by atoms with Gasteiger partial charge in [-0.25, -0.2) is 4.79 Å². The number of rotatable bonds is 19. The van der Waals surface area contributed by atoms with Gasteiger partial charge < -0.3 is 25.8 Å². The molecule has 0 radical (unpaired) electrons. The zero-order valence-electron chi connectivity index (χ0n) is 19.3. The molecule has 0 spiro atoms. The van der Waals surface area contributed by atoms with Crippen LogP contribution in [0.15, 0.2) is 0 Å². The molecule has 12 heteroatoms. The lowest BCUT2D eigenvalue weighted by molar-refractivity contribution is 0.177. The van der Waals surface area contributed by atoms with Crippen LogP contribution in [0.4, 0.5) is 4.79 Å². The molecule has 1 heterocycles. The Balaban J connectivity index is 2.43. The summed E-state index contributed by atoms with van der Waals surface area (Å²) in [5.41, 5.74) is 0. The molecule has 0 aromatic carbocycles. The Kier molecular flexibility index (Phi) is 15.8. The average Bonchev–Trinajstić information content (AvgIpc) is 3.17. The maximum atomic E-state index is 12.8. The van der Waals surface area contributed by atoms with Crippen LogP contribution in [0.1, 0.15) is 0 Å². The predicted molar refractivity (Wildman–Crippen MR) is 122 cm³/mol. The topological polar surface area (TPSA) is 161 Å². The number of nitrogens with one attached hydrogen (secondary N) is 3. The van der Waals surface area contributed by atoms with Crippen molar-refractivity contribution in [1.29, 1.82) is 21.0 Å². The number of carbonyl (C=O) groups is 1. The molecule has 1 aliphatic rings. The fraction of sp³-hybridized carbons (Fsp3) is 0.762. The molecule has 0 aliphatic carbocycles. The quantitative estimate of drug-likeness (QED) is 0.149. The van der Waals surface area contributed by atoms with Gasteiger partial charge in [0.1, 0.15) is 0 Å². The number of amides is 2. The molecule has 1 saturated heterocycles. The van der Waals surface area contributed by atoms with E-state index in [1.807, 2.05) is 20.8 Å². The number of hydrogen-bond acceptors (Lipinski definition) is 10. The largest absolute Gasteiger partial charge is 0.322 e. The van der Waals surface area contributed by atoms with Crippen molar-refractivity contribution in [2.75, 3.05) is 105 Å². The fourth-order valence-electron chi connectivity index (χ4n) is 3.42. The van der Waals surface area contributed by atoms with Crippen molar-refractivity contribution in [2.24, 2.45) is 0 Å². The van der Waals surface area contributed by atoms with Gasteiger partial charge in [-0.15, -0.1) is 0 Å². The van der Waals surface area contributed by atoms with Gasteiger partial charge in [0.15, 0.2) is 0 Å². The lowest BCUT2D eigenvalue weighted by Crippen LogP contribution is -2.43. The van der Waals surface area contributed by atoms with Gasteiger partial charge in [0.05, 0.1) is 50.5 Å². The number of nitrogens with zero attached hydrogens (tertiary/aromatic N) is 8. The molecule has 3 N–H and O–H groups in total. The molecule has 0 bridgehead atoms. The van der Waals surface area contributed by atoms with Gasteiger partial charge in [0.2, 0.25) is 0 Å². The molecule has 1 rings (SSSR count). The van der Waals surface area contributed by atoms with Crippen LogP contribution in [0.3, 0.4) is 0 Å². The summed E-state index contributed by atoms with van der Waals surface area (Å²) in [6, 6.07) is 8.31. The smallest absolute Gasteiger partial charge is 0.320 e. The Labute approximate surface area is 196 Å². The van der Waals surface area contributed by atoms with Crippen molar-refractivity contribution < 1.29 is 4.79 Å². The number of urea groups is 1. The highest BCUT2D eigenvalue weighted by molar-refractivity contribution is 5.76. The van der Waals surface area contributed by atoms with E-state index in [1.54, 1.807) is 0 Å². The highest BCUT2D eigenvalue weighted by Crippen LogP contribution is 2.08. The third-order valence-corrected chi connectivity index (χ3v) is 5.27. The third kappa shape index (κ3) is 12.6. The second kappa shape index (κ2) is 18.6.